The Hall–Kier alpha value is 0. The molecule has 164 valence electrons. The molecule has 26 heavy (non-hydrogen) atoms. The highest BCUT2D eigenvalue weighted by atomic mass is 14.3. The Balaban J connectivity index is -0.000000238. The first kappa shape index (κ1) is 33.6. The zero-order chi connectivity index (χ0) is 19.9. The van der Waals surface area contributed by atoms with Gasteiger partial charge in [-0.1, -0.05) is 153 Å². The summed E-state index contributed by atoms with van der Waals surface area (Å²) in [4.78, 5) is 0. The van der Waals surface area contributed by atoms with Crippen LogP contribution in [-0.4, -0.2) is 0 Å². The van der Waals surface area contributed by atoms with Crippen LogP contribution in [0.3, 0.4) is 0 Å². The molecule has 0 saturated heterocycles. The van der Waals surface area contributed by atoms with Crippen LogP contribution in [0.5, 0.6) is 0 Å². The van der Waals surface area contributed by atoms with E-state index in [1.165, 1.54) is 57.8 Å². The monoisotopic (exact) mass is 372 g/mol. The molecule has 0 unspecified atom stereocenters. The van der Waals surface area contributed by atoms with Crippen molar-refractivity contribution < 1.29 is 0 Å². The van der Waals surface area contributed by atoms with Crippen LogP contribution in [0.4, 0.5) is 0 Å². The van der Waals surface area contributed by atoms with Crippen molar-refractivity contribution in [1.82, 2.24) is 0 Å². The van der Waals surface area contributed by atoms with Crippen molar-refractivity contribution in [2.24, 2.45) is 17.8 Å². The van der Waals surface area contributed by atoms with Gasteiger partial charge < -0.3 is 0 Å². The summed E-state index contributed by atoms with van der Waals surface area (Å²) < 4.78 is 0. The molecule has 0 bridgehead atoms. The summed E-state index contributed by atoms with van der Waals surface area (Å²) in [6.45, 7) is 18.5. The lowest BCUT2D eigenvalue weighted by atomic mass is 9.75. The fourth-order valence-corrected chi connectivity index (χ4v) is 4.18. The molecule has 0 amide bonds. The minimum atomic E-state index is 0. The molecule has 2 aliphatic rings. The van der Waals surface area contributed by atoms with Gasteiger partial charge in [-0.25, -0.2) is 0 Å². The van der Waals surface area contributed by atoms with Crippen LogP contribution in [0.1, 0.15) is 153 Å². The minimum absolute atomic E-state index is 0. The van der Waals surface area contributed by atoms with E-state index >= 15 is 0 Å². The average molecular weight is 373 g/mol. The van der Waals surface area contributed by atoms with Crippen LogP contribution in [-0.2, 0) is 0 Å². The largest absolute Gasteiger partial charge is 0.0776 e. The molecule has 0 heterocycles. The summed E-state index contributed by atoms with van der Waals surface area (Å²) in [6, 6.07) is 0. The molecular formula is C26H60. The normalized spacial score (nSPS) is 23.4. The second-order valence-corrected chi connectivity index (χ2v) is 6.83. The fraction of sp³-hybridized carbons (Fsp3) is 1.00. The van der Waals surface area contributed by atoms with Crippen LogP contribution in [0.2, 0.25) is 0 Å². The van der Waals surface area contributed by atoms with Gasteiger partial charge in [-0.15, -0.1) is 0 Å². The predicted molar refractivity (Wildman–Crippen MR) is 128 cm³/mol. The summed E-state index contributed by atoms with van der Waals surface area (Å²) in [5.74, 6) is 3.21. The van der Waals surface area contributed by atoms with Gasteiger partial charge in [-0.2, -0.15) is 0 Å². The lowest BCUT2D eigenvalue weighted by Gasteiger charge is -2.31. The Morgan fingerprint density at radius 3 is 1.00 bits per heavy atom. The first-order valence-electron chi connectivity index (χ1n) is 12.4. The summed E-state index contributed by atoms with van der Waals surface area (Å²) in [6.07, 6.45) is 19.8. The Kier molecular flexibility index (Phi) is 38.4. The Labute approximate surface area is 171 Å². The SMILES string of the molecule is C.CC.CC.CC.CC.CC1CCCC(C2CCCCCCC2)CCC1. The zero-order valence-electron chi connectivity index (χ0n) is 19.9. The molecule has 0 N–H and O–H groups in total. The number of hydrogen-bond donors (Lipinski definition) is 0. The van der Waals surface area contributed by atoms with Crippen molar-refractivity contribution in [2.45, 2.75) is 153 Å². The molecule has 2 rings (SSSR count). The molecule has 0 aromatic rings. The van der Waals surface area contributed by atoms with Crippen molar-refractivity contribution in [2.75, 3.05) is 0 Å². The van der Waals surface area contributed by atoms with E-state index in [1.54, 1.807) is 25.7 Å². The molecule has 0 nitrogen and oxygen atoms in total. The van der Waals surface area contributed by atoms with E-state index in [0.717, 1.165) is 17.8 Å². The van der Waals surface area contributed by atoms with E-state index in [1.807, 2.05) is 55.4 Å². The van der Waals surface area contributed by atoms with Gasteiger partial charge in [0.25, 0.3) is 0 Å². The topological polar surface area (TPSA) is 0 Å². The quantitative estimate of drug-likeness (QED) is 0.429. The van der Waals surface area contributed by atoms with Gasteiger partial charge >= 0.3 is 0 Å². The van der Waals surface area contributed by atoms with Gasteiger partial charge in [0.15, 0.2) is 0 Å². The minimum Gasteiger partial charge on any atom is -0.0776 e. The van der Waals surface area contributed by atoms with Crippen LogP contribution in [0.25, 0.3) is 0 Å². The van der Waals surface area contributed by atoms with Gasteiger partial charge in [0, 0.05) is 0 Å². The van der Waals surface area contributed by atoms with E-state index in [9.17, 15) is 0 Å². The van der Waals surface area contributed by atoms with Crippen LogP contribution in [0, 0.1) is 17.8 Å². The van der Waals surface area contributed by atoms with Crippen LogP contribution >= 0.6 is 0 Å². The Morgan fingerprint density at radius 2 is 0.654 bits per heavy atom. The second kappa shape index (κ2) is 29.8. The fourth-order valence-electron chi connectivity index (χ4n) is 4.18. The average Bonchev–Trinajstić information content (AvgIpc) is 2.65. The summed E-state index contributed by atoms with van der Waals surface area (Å²) in [5.41, 5.74) is 0. The molecule has 0 spiro atoms. The molecule has 0 heteroatoms. The van der Waals surface area contributed by atoms with Gasteiger partial charge in [-0.05, 0) is 17.8 Å². The van der Waals surface area contributed by atoms with E-state index < -0.39 is 0 Å². The molecule has 2 saturated carbocycles. The summed E-state index contributed by atoms with van der Waals surface area (Å²) in [7, 11) is 0. The number of hydrogen-bond acceptors (Lipinski definition) is 0. The highest BCUT2D eigenvalue weighted by molar-refractivity contribution is 4.75. The first-order chi connectivity index (χ1) is 12.4. The highest BCUT2D eigenvalue weighted by Gasteiger charge is 2.23. The number of rotatable bonds is 1. The standard InChI is InChI=1S/C17H32.4C2H6.CH4/c1-15-9-7-13-17(14-8-10-15)16-11-5-3-2-4-6-12-16;4*1-2;/h15-17H,2-14H2,1H3;4*1-2H3;1H4. The third kappa shape index (κ3) is 18.8. The van der Waals surface area contributed by atoms with Crippen LogP contribution in [0.15, 0.2) is 0 Å². The molecule has 0 radical (unpaired) electrons. The van der Waals surface area contributed by atoms with E-state index in [0.29, 0.717) is 0 Å². The Bertz CT molecular complexity index is 178. The maximum absolute atomic E-state index is 2.45. The maximum atomic E-state index is 2.45. The molecule has 0 atom stereocenters. The van der Waals surface area contributed by atoms with Gasteiger partial charge in [0.05, 0.1) is 0 Å². The zero-order valence-corrected chi connectivity index (χ0v) is 19.9. The smallest absolute Gasteiger partial charge is 0.0386 e. The molecule has 2 aliphatic carbocycles. The van der Waals surface area contributed by atoms with Crippen molar-refractivity contribution in [3.63, 3.8) is 0 Å². The van der Waals surface area contributed by atoms with Crippen molar-refractivity contribution in [3.8, 4) is 0 Å². The first-order valence-corrected chi connectivity index (χ1v) is 12.4. The lowest BCUT2D eigenvalue weighted by molar-refractivity contribution is 0.210. The predicted octanol–water partition coefficient (Wildman–Crippen LogP) is 10.7. The summed E-state index contributed by atoms with van der Waals surface area (Å²) in [5, 5.41) is 0. The van der Waals surface area contributed by atoms with E-state index in [-0.39, 0.29) is 7.43 Å². The molecule has 2 fully saturated rings. The van der Waals surface area contributed by atoms with Crippen molar-refractivity contribution >= 4 is 0 Å². The third-order valence-corrected chi connectivity index (χ3v) is 5.36. The molecular weight excluding hydrogens is 312 g/mol. The van der Waals surface area contributed by atoms with E-state index in [4.69, 9.17) is 0 Å². The molecule has 0 aromatic heterocycles. The molecule has 0 aliphatic heterocycles. The third-order valence-electron chi connectivity index (χ3n) is 5.36. The maximum Gasteiger partial charge on any atom is -0.0386 e. The van der Waals surface area contributed by atoms with Gasteiger partial charge in [0.2, 0.25) is 0 Å². The van der Waals surface area contributed by atoms with Crippen molar-refractivity contribution in [3.05, 3.63) is 0 Å². The highest BCUT2D eigenvalue weighted by Crippen LogP contribution is 2.36. The van der Waals surface area contributed by atoms with Gasteiger partial charge in [-0.3, -0.25) is 0 Å². The van der Waals surface area contributed by atoms with E-state index in [2.05, 4.69) is 6.92 Å². The molecule has 0 aromatic carbocycles. The Morgan fingerprint density at radius 1 is 0.385 bits per heavy atom. The van der Waals surface area contributed by atoms with Crippen LogP contribution < -0.4 is 0 Å². The lowest BCUT2D eigenvalue weighted by Crippen LogP contribution is -2.18. The van der Waals surface area contributed by atoms with Gasteiger partial charge in [0.1, 0.15) is 0 Å². The summed E-state index contributed by atoms with van der Waals surface area (Å²) >= 11 is 0. The second-order valence-electron chi connectivity index (χ2n) is 6.83. The van der Waals surface area contributed by atoms with Crippen molar-refractivity contribution in [1.29, 1.82) is 0 Å².